The van der Waals surface area contributed by atoms with Gasteiger partial charge in [0.25, 0.3) is 5.91 Å². The number of sulfonamides is 1. The van der Waals surface area contributed by atoms with E-state index in [0.717, 1.165) is 14.8 Å². The minimum atomic E-state index is -4.13. The Labute approximate surface area is 203 Å². The van der Waals surface area contributed by atoms with Crippen LogP contribution in [0.1, 0.15) is 24.5 Å². The third-order valence-corrected chi connectivity index (χ3v) is 7.38. The molecule has 0 aliphatic carbocycles. The van der Waals surface area contributed by atoms with E-state index in [1.165, 1.54) is 49.5 Å². The van der Waals surface area contributed by atoms with E-state index in [2.05, 4.69) is 4.98 Å². The van der Waals surface area contributed by atoms with Crippen LogP contribution in [-0.4, -0.2) is 41.5 Å². The Hall–Kier alpha value is -3.89. The van der Waals surface area contributed by atoms with Crippen molar-refractivity contribution in [2.24, 2.45) is 0 Å². The molecule has 1 atom stereocenters. The zero-order valence-corrected chi connectivity index (χ0v) is 19.9. The standard InChI is InChI=1S/C25H23N3O6S/c1-17-5-11-22(12-6-17)35(32,33)27(16-19-4-3-13-26-15-19)23-14-24(30)28(25(23)31)20-7-9-21(10-8-20)34-18(2)29/h3-13,15,23H,14,16H2,1-2H3. The van der Waals surface area contributed by atoms with Gasteiger partial charge in [-0.25, -0.2) is 13.3 Å². The Morgan fingerprint density at radius 2 is 1.77 bits per heavy atom. The van der Waals surface area contributed by atoms with Crippen LogP contribution in [-0.2, 0) is 31.0 Å². The van der Waals surface area contributed by atoms with Crippen molar-refractivity contribution in [1.82, 2.24) is 9.29 Å². The fourth-order valence-corrected chi connectivity index (χ4v) is 5.39. The molecule has 2 heterocycles. The van der Waals surface area contributed by atoms with E-state index in [0.29, 0.717) is 5.56 Å². The average Bonchev–Trinajstić information content (AvgIpc) is 3.12. The molecule has 1 aliphatic heterocycles. The summed E-state index contributed by atoms with van der Waals surface area (Å²) in [5.74, 6) is -1.43. The molecular weight excluding hydrogens is 470 g/mol. The van der Waals surface area contributed by atoms with Crippen LogP contribution in [0.3, 0.4) is 0 Å². The van der Waals surface area contributed by atoms with Gasteiger partial charge in [-0.05, 0) is 55.0 Å². The number of carbonyl (C=O) groups is 3. The Balaban J connectivity index is 1.69. The van der Waals surface area contributed by atoms with E-state index in [1.54, 1.807) is 30.5 Å². The third kappa shape index (κ3) is 5.13. The lowest BCUT2D eigenvalue weighted by Crippen LogP contribution is -2.45. The molecule has 0 N–H and O–H groups in total. The molecule has 0 spiro atoms. The van der Waals surface area contributed by atoms with Crippen molar-refractivity contribution in [2.45, 2.75) is 37.8 Å². The van der Waals surface area contributed by atoms with Crippen LogP contribution in [0.2, 0.25) is 0 Å². The van der Waals surface area contributed by atoms with Gasteiger partial charge in [-0.15, -0.1) is 0 Å². The summed E-state index contributed by atoms with van der Waals surface area (Å²) in [5.41, 5.74) is 1.72. The SMILES string of the molecule is CC(=O)Oc1ccc(N2C(=O)CC(N(Cc3cccnc3)S(=O)(=O)c3ccc(C)cc3)C2=O)cc1. The Bertz CT molecular complexity index is 1360. The maximum atomic E-state index is 13.7. The van der Waals surface area contributed by atoms with Crippen LogP contribution in [0.5, 0.6) is 5.75 Å². The number of anilines is 1. The minimum absolute atomic E-state index is 0.0245. The van der Waals surface area contributed by atoms with Crippen LogP contribution < -0.4 is 9.64 Å². The number of ether oxygens (including phenoxy) is 1. The molecule has 3 aromatic rings. The second-order valence-corrected chi connectivity index (χ2v) is 9.99. The predicted molar refractivity (Wildman–Crippen MR) is 127 cm³/mol. The smallest absolute Gasteiger partial charge is 0.308 e. The number of carbonyl (C=O) groups excluding carboxylic acids is 3. The Morgan fingerprint density at radius 3 is 2.37 bits per heavy atom. The summed E-state index contributed by atoms with van der Waals surface area (Å²) in [6, 6.07) is 14.3. The van der Waals surface area contributed by atoms with Crippen molar-refractivity contribution < 1.29 is 27.5 Å². The van der Waals surface area contributed by atoms with Crippen molar-refractivity contribution >= 4 is 33.5 Å². The number of benzene rings is 2. The fourth-order valence-electron chi connectivity index (χ4n) is 3.82. The number of pyridine rings is 1. The molecule has 1 aromatic heterocycles. The van der Waals surface area contributed by atoms with Gasteiger partial charge in [-0.2, -0.15) is 4.31 Å². The molecule has 0 saturated carbocycles. The molecule has 1 aliphatic rings. The van der Waals surface area contributed by atoms with Gasteiger partial charge in [0.05, 0.1) is 17.0 Å². The molecule has 35 heavy (non-hydrogen) atoms. The van der Waals surface area contributed by atoms with Crippen LogP contribution in [0.4, 0.5) is 5.69 Å². The van der Waals surface area contributed by atoms with Crippen molar-refractivity contribution in [3.05, 3.63) is 84.2 Å². The molecule has 0 radical (unpaired) electrons. The van der Waals surface area contributed by atoms with E-state index in [1.807, 2.05) is 6.92 Å². The third-order valence-electron chi connectivity index (χ3n) is 5.52. The number of amides is 2. The number of hydrogen-bond acceptors (Lipinski definition) is 7. The predicted octanol–water partition coefficient (Wildman–Crippen LogP) is 2.84. The van der Waals surface area contributed by atoms with Gasteiger partial charge >= 0.3 is 5.97 Å². The second kappa shape index (κ2) is 9.77. The monoisotopic (exact) mass is 493 g/mol. The summed E-state index contributed by atoms with van der Waals surface area (Å²) >= 11 is 0. The highest BCUT2D eigenvalue weighted by molar-refractivity contribution is 7.89. The van der Waals surface area contributed by atoms with E-state index in [4.69, 9.17) is 4.74 Å². The summed E-state index contributed by atoms with van der Waals surface area (Å²) < 4.78 is 33.4. The van der Waals surface area contributed by atoms with Gasteiger partial charge in [0.2, 0.25) is 15.9 Å². The van der Waals surface area contributed by atoms with Gasteiger partial charge in [0.15, 0.2) is 0 Å². The van der Waals surface area contributed by atoms with Crippen molar-refractivity contribution in [2.75, 3.05) is 4.90 Å². The van der Waals surface area contributed by atoms with Gasteiger partial charge in [-0.3, -0.25) is 19.4 Å². The summed E-state index contributed by atoms with van der Waals surface area (Å²) in [5, 5.41) is 0. The number of nitrogens with zero attached hydrogens (tertiary/aromatic N) is 3. The van der Waals surface area contributed by atoms with E-state index >= 15 is 0 Å². The van der Waals surface area contributed by atoms with Gasteiger partial charge in [-0.1, -0.05) is 23.8 Å². The molecule has 0 bridgehead atoms. The first-order valence-electron chi connectivity index (χ1n) is 10.8. The molecule has 180 valence electrons. The minimum Gasteiger partial charge on any atom is -0.427 e. The summed E-state index contributed by atoms with van der Waals surface area (Å²) in [4.78, 5) is 42.5. The molecule has 1 saturated heterocycles. The van der Waals surface area contributed by atoms with Crippen LogP contribution >= 0.6 is 0 Å². The van der Waals surface area contributed by atoms with E-state index in [-0.39, 0.29) is 29.3 Å². The quantitative estimate of drug-likeness (QED) is 0.282. The summed E-state index contributed by atoms with van der Waals surface area (Å²) in [7, 11) is -4.13. The van der Waals surface area contributed by atoms with E-state index < -0.39 is 33.8 Å². The number of aryl methyl sites for hydroxylation is 1. The molecule has 4 rings (SSSR count). The zero-order valence-electron chi connectivity index (χ0n) is 19.1. The number of hydrogen-bond donors (Lipinski definition) is 0. The molecule has 1 unspecified atom stereocenters. The van der Waals surface area contributed by atoms with Gasteiger partial charge in [0, 0.05) is 25.9 Å². The number of rotatable bonds is 7. The number of imide groups is 1. The molecule has 2 aromatic carbocycles. The first-order chi connectivity index (χ1) is 16.7. The van der Waals surface area contributed by atoms with Crippen molar-refractivity contribution in [1.29, 1.82) is 0 Å². The van der Waals surface area contributed by atoms with Crippen LogP contribution in [0.15, 0.2) is 78.0 Å². The highest BCUT2D eigenvalue weighted by atomic mass is 32.2. The largest absolute Gasteiger partial charge is 0.427 e. The van der Waals surface area contributed by atoms with Crippen LogP contribution in [0, 0.1) is 6.92 Å². The first kappa shape index (κ1) is 24.2. The molecule has 2 amide bonds. The summed E-state index contributed by atoms with van der Waals surface area (Å²) in [6.07, 6.45) is 2.77. The topological polar surface area (TPSA) is 114 Å². The zero-order chi connectivity index (χ0) is 25.2. The molecular formula is C25H23N3O6S. The molecule has 10 heteroatoms. The Kier molecular flexibility index (Phi) is 6.77. The summed E-state index contributed by atoms with van der Waals surface area (Å²) in [6.45, 7) is 2.97. The maximum Gasteiger partial charge on any atom is 0.308 e. The fraction of sp³-hybridized carbons (Fsp3) is 0.200. The highest BCUT2D eigenvalue weighted by Gasteiger charge is 2.47. The highest BCUT2D eigenvalue weighted by Crippen LogP contribution is 2.31. The van der Waals surface area contributed by atoms with Gasteiger partial charge < -0.3 is 4.74 Å². The second-order valence-electron chi connectivity index (χ2n) is 8.10. The lowest BCUT2D eigenvalue weighted by atomic mass is 10.2. The maximum absolute atomic E-state index is 13.7. The average molecular weight is 494 g/mol. The number of esters is 1. The number of aromatic nitrogens is 1. The first-order valence-corrected chi connectivity index (χ1v) is 12.2. The van der Waals surface area contributed by atoms with E-state index in [9.17, 15) is 22.8 Å². The van der Waals surface area contributed by atoms with Crippen LogP contribution in [0.25, 0.3) is 0 Å². The molecule has 9 nitrogen and oxygen atoms in total. The normalized spacial score (nSPS) is 16.1. The lowest BCUT2D eigenvalue weighted by Gasteiger charge is -2.27. The van der Waals surface area contributed by atoms with Gasteiger partial charge in [0.1, 0.15) is 11.8 Å². The Morgan fingerprint density at radius 1 is 1.09 bits per heavy atom. The van der Waals surface area contributed by atoms with Crippen molar-refractivity contribution in [3.8, 4) is 5.75 Å². The van der Waals surface area contributed by atoms with Crippen molar-refractivity contribution in [3.63, 3.8) is 0 Å². The lowest BCUT2D eigenvalue weighted by molar-refractivity contribution is -0.132. The molecule has 1 fully saturated rings.